The van der Waals surface area contributed by atoms with Crippen molar-refractivity contribution in [1.82, 2.24) is 14.5 Å². The average molecular weight is 456 g/mol. The number of aromatic nitrogens is 2. The summed E-state index contributed by atoms with van der Waals surface area (Å²) in [4.78, 5) is 0. The number of hydrogen-bond acceptors (Lipinski definition) is 3. The summed E-state index contributed by atoms with van der Waals surface area (Å²) in [6, 6.07) is 4.31. The molecule has 2 bridgehead atoms. The van der Waals surface area contributed by atoms with Gasteiger partial charge < -0.3 is 0 Å². The van der Waals surface area contributed by atoms with Crippen LogP contribution in [0.1, 0.15) is 112 Å². The van der Waals surface area contributed by atoms with Gasteiger partial charge in [-0.25, -0.2) is 8.42 Å². The molecule has 3 aliphatic rings. The van der Waals surface area contributed by atoms with Crippen molar-refractivity contribution in [2.24, 2.45) is 0 Å². The molecule has 0 amide bonds. The maximum absolute atomic E-state index is 14.7. The van der Waals surface area contributed by atoms with Crippen LogP contribution in [0, 0.1) is 13.8 Å². The Morgan fingerprint density at radius 2 is 1.53 bits per heavy atom. The molecule has 3 unspecified atom stereocenters. The van der Waals surface area contributed by atoms with Crippen molar-refractivity contribution in [1.29, 1.82) is 0 Å². The van der Waals surface area contributed by atoms with Gasteiger partial charge in [-0.2, -0.15) is 9.40 Å². The summed E-state index contributed by atoms with van der Waals surface area (Å²) in [5, 5.41) is 7.33. The van der Waals surface area contributed by atoms with Crippen LogP contribution in [0.2, 0.25) is 0 Å². The van der Waals surface area contributed by atoms with Crippen LogP contribution in [0.4, 0.5) is 0 Å². The summed E-state index contributed by atoms with van der Waals surface area (Å²) >= 11 is 0. The summed E-state index contributed by atoms with van der Waals surface area (Å²) in [6.07, 6.45) is 10.1. The van der Waals surface area contributed by atoms with Crippen LogP contribution in [0.25, 0.3) is 0 Å². The van der Waals surface area contributed by atoms with Gasteiger partial charge in [-0.15, -0.1) is 0 Å². The third kappa shape index (κ3) is 2.71. The Bertz CT molecular complexity index is 1140. The minimum atomic E-state index is -3.56. The fraction of sp³-hybridized carbons (Fsp3) is 0.654. The topological polar surface area (TPSA) is 66.1 Å². The number of aryl methyl sites for hydroxylation is 2. The van der Waals surface area contributed by atoms with E-state index >= 15 is 0 Å². The van der Waals surface area contributed by atoms with Gasteiger partial charge in [0, 0.05) is 17.2 Å². The number of benzene rings is 1. The van der Waals surface area contributed by atoms with Crippen LogP contribution in [0.15, 0.2) is 18.3 Å². The fourth-order valence-electron chi connectivity index (χ4n) is 7.25. The first-order chi connectivity index (χ1) is 15.2. The molecule has 1 fully saturated rings. The number of sulfonamides is 1. The van der Waals surface area contributed by atoms with Crippen LogP contribution in [0.5, 0.6) is 0 Å². The Morgan fingerprint density at radius 1 is 0.969 bits per heavy atom. The number of aromatic amines is 1. The Balaban J connectivity index is 1.77. The molecule has 0 saturated heterocycles. The molecule has 1 saturated carbocycles. The predicted octanol–water partition coefficient (Wildman–Crippen LogP) is 5.77. The Hall–Kier alpha value is -1.66. The maximum Gasteiger partial charge on any atom is 0.218 e. The summed E-state index contributed by atoms with van der Waals surface area (Å²) in [5.74, 6) is -0.0130. The van der Waals surface area contributed by atoms with E-state index in [9.17, 15) is 8.42 Å². The van der Waals surface area contributed by atoms with Crippen LogP contribution in [-0.4, -0.2) is 28.2 Å². The molecule has 5 nitrogen and oxygen atoms in total. The van der Waals surface area contributed by atoms with Crippen molar-refractivity contribution < 1.29 is 8.42 Å². The van der Waals surface area contributed by atoms with Gasteiger partial charge in [0.05, 0.1) is 22.5 Å². The van der Waals surface area contributed by atoms with Crippen molar-refractivity contribution in [3.63, 3.8) is 0 Å². The molecule has 2 aromatic rings. The normalized spacial score (nSPS) is 31.5. The van der Waals surface area contributed by atoms with E-state index in [1.807, 2.05) is 10.5 Å². The van der Waals surface area contributed by atoms with Crippen molar-refractivity contribution in [2.75, 3.05) is 0 Å². The molecule has 174 valence electrons. The molecular weight excluding hydrogens is 418 g/mol. The lowest BCUT2D eigenvalue weighted by Gasteiger charge is -2.51. The quantitative estimate of drug-likeness (QED) is 0.625. The summed E-state index contributed by atoms with van der Waals surface area (Å²) in [7, 11) is -3.56. The van der Waals surface area contributed by atoms with E-state index in [4.69, 9.17) is 0 Å². The first-order valence-corrected chi connectivity index (χ1v) is 13.9. The van der Waals surface area contributed by atoms with Gasteiger partial charge in [-0.05, 0) is 62.8 Å². The van der Waals surface area contributed by atoms with E-state index in [0.29, 0.717) is 0 Å². The van der Waals surface area contributed by atoms with Crippen molar-refractivity contribution >= 4 is 10.0 Å². The van der Waals surface area contributed by atoms with E-state index < -0.39 is 21.1 Å². The standard InChI is InChI=1S/C26H37N3O2S/c1-17-14-15-18(2)23-22(17)25(4)19(3)24-21(16-27-28-24)26(23,5)29(25)32(30,31)20-12-10-8-6-7-9-11-13-20/h14-16,19-20H,6-13H2,1-5H3,(H,27,28). The van der Waals surface area contributed by atoms with Gasteiger partial charge in [-0.3, -0.25) is 5.10 Å². The third-order valence-electron chi connectivity index (χ3n) is 8.89. The monoisotopic (exact) mass is 455 g/mol. The Labute approximate surface area is 193 Å². The number of fused-ring (bicyclic) bond motifs is 7. The molecule has 6 heteroatoms. The van der Waals surface area contributed by atoms with Gasteiger partial charge in [-0.1, -0.05) is 57.6 Å². The van der Waals surface area contributed by atoms with Gasteiger partial charge >= 0.3 is 0 Å². The zero-order valence-electron chi connectivity index (χ0n) is 20.2. The molecule has 1 aromatic carbocycles. The Morgan fingerprint density at radius 3 is 2.16 bits per heavy atom. The van der Waals surface area contributed by atoms with E-state index in [0.717, 1.165) is 55.3 Å². The fourth-order valence-corrected chi connectivity index (χ4v) is 9.95. The number of rotatable bonds is 2. The van der Waals surface area contributed by atoms with E-state index in [1.165, 1.54) is 29.5 Å². The molecule has 1 aliphatic carbocycles. The van der Waals surface area contributed by atoms with E-state index in [2.05, 4.69) is 56.9 Å². The second kappa shape index (κ2) is 7.42. The lowest BCUT2D eigenvalue weighted by atomic mass is 9.76. The highest BCUT2D eigenvalue weighted by Crippen LogP contribution is 2.65. The lowest BCUT2D eigenvalue weighted by molar-refractivity contribution is 0.0981. The van der Waals surface area contributed by atoms with Crippen molar-refractivity contribution in [2.45, 2.75) is 108 Å². The zero-order chi connectivity index (χ0) is 22.9. The van der Waals surface area contributed by atoms with Crippen molar-refractivity contribution in [3.8, 4) is 0 Å². The average Bonchev–Trinajstić information content (AvgIpc) is 3.33. The van der Waals surface area contributed by atoms with Gasteiger partial charge in [0.15, 0.2) is 0 Å². The summed E-state index contributed by atoms with van der Waals surface area (Å²) in [6.45, 7) is 10.7. The number of hydrogen-bond donors (Lipinski definition) is 1. The Kier molecular flexibility index (Phi) is 5.14. The van der Waals surface area contributed by atoms with Crippen LogP contribution < -0.4 is 0 Å². The van der Waals surface area contributed by atoms with E-state index in [-0.39, 0.29) is 11.2 Å². The zero-order valence-corrected chi connectivity index (χ0v) is 21.0. The SMILES string of the molecule is Cc1ccc(C)c2c1C1(C)c3cn[nH]c3C(C)C2(C)N1S(=O)(=O)C1CCCCCCCC1. The van der Waals surface area contributed by atoms with Crippen LogP contribution in [-0.2, 0) is 21.1 Å². The second-order valence-electron chi connectivity index (χ2n) is 10.7. The molecule has 5 rings (SSSR count). The van der Waals surface area contributed by atoms with Gasteiger partial charge in [0.1, 0.15) is 0 Å². The lowest BCUT2D eigenvalue weighted by Crippen LogP contribution is -2.59. The number of nitrogens with one attached hydrogen (secondary N) is 1. The molecule has 0 radical (unpaired) electrons. The summed E-state index contributed by atoms with van der Waals surface area (Å²) in [5.41, 5.74) is 5.41. The smallest absolute Gasteiger partial charge is 0.218 e. The largest absolute Gasteiger partial charge is 0.282 e. The molecule has 1 N–H and O–H groups in total. The first-order valence-electron chi connectivity index (χ1n) is 12.4. The minimum absolute atomic E-state index is 0.0130. The van der Waals surface area contributed by atoms with Crippen LogP contribution >= 0.6 is 0 Å². The molecule has 1 aromatic heterocycles. The van der Waals surface area contributed by atoms with Crippen molar-refractivity contribution in [3.05, 3.63) is 51.8 Å². The molecule has 3 atom stereocenters. The summed E-state index contributed by atoms with van der Waals surface area (Å²) < 4.78 is 31.3. The molecule has 3 heterocycles. The highest BCUT2D eigenvalue weighted by atomic mass is 32.2. The molecular formula is C26H37N3O2S. The first kappa shape index (κ1) is 22.1. The third-order valence-corrected chi connectivity index (χ3v) is 11.5. The van der Waals surface area contributed by atoms with Gasteiger partial charge in [0.2, 0.25) is 10.0 Å². The van der Waals surface area contributed by atoms with Gasteiger partial charge in [0.25, 0.3) is 0 Å². The molecule has 32 heavy (non-hydrogen) atoms. The maximum atomic E-state index is 14.7. The number of nitrogens with zero attached hydrogens (tertiary/aromatic N) is 2. The molecule has 0 spiro atoms. The highest BCUT2D eigenvalue weighted by molar-refractivity contribution is 7.89. The number of H-pyrrole nitrogens is 1. The van der Waals surface area contributed by atoms with E-state index in [1.54, 1.807) is 0 Å². The highest BCUT2D eigenvalue weighted by Gasteiger charge is 2.67. The molecule has 2 aliphatic heterocycles. The minimum Gasteiger partial charge on any atom is -0.282 e. The predicted molar refractivity (Wildman–Crippen MR) is 128 cm³/mol. The van der Waals surface area contributed by atoms with Crippen LogP contribution in [0.3, 0.4) is 0 Å². The second-order valence-corrected chi connectivity index (χ2v) is 12.8.